The Morgan fingerprint density at radius 3 is 2.42 bits per heavy atom. The fourth-order valence-corrected chi connectivity index (χ4v) is 2.23. The van der Waals surface area contributed by atoms with E-state index in [0.717, 1.165) is 12.8 Å². The summed E-state index contributed by atoms with van der Waals surface area (Å²) in [5.74, 6) is 0.588. The molecule has 1 aliphatic rings. The molecule has 1 N–H and O–H groups in total. The highest BCUT2D eigenvalue weighted by molar-refractivity contribution is 6.18. The predicted molar refractivity (Wildman–Crippen MR) is 50.4 cm³/mol. The lowest BCUT2D eigenvalue weighted by Gasteiger charge is -2.36. The summed E-state index contributed by atoms with van der Waals surface area (Å²) in [5.41, 5.74) is -0.0916. The first-order chi connectivity index (χ1) is 5.68. The zero-order valence-electron chi connectivity index (χ0n) is 7.53. The zero-order chi connectivity index (χ0) is 9.03. The quantitative estimate of drug-likeness (QED) is 0.663. The van der Waals surface area contributed by atoms with Crippen LogP contribution in [0.5, 0.6) is 0 Å². The van der Waals surface area contributed by atoms with Crippen LogP contribution in [0.2, 0.25) is 0 Å². The summed E-state index contributed by atoms with van der Waals surface area (Å²) in [6, 6.07) is 0. The van der Waals surface area contributed by atoms with Crippen LogP contribution in [0.3, 0.4) is 0 Å². The van der Waals surface area contributed by atoms with Gasteiger partial charge in [-0.15, -0.1) is 11.6 Å². The van der Waals surface area contributed by atoms with E-state index in [4.69, 9.17) is 11.6 Å². The smallest absolute Gasteiger partial charge is 0.217 e. The number of amides is 1. The molecule has 2 nitrogen and oxygen atoms in total. The number of alkyl halides is 1. The van der Waals surface area contributed by atoms with E-state index in [0.29, 0.717) is 5.88 Å². The third-order valence-electron chi connectivity index (χ3n) is 2.51. The van der Waals surface area contributed by atoms with Crippen molar-refractivity contribution >= 4 is 17.5 Å². The van der Waals surface area contributed by atoms with E-state index in [1.54, 1.807) is 6.92 Å². The molecule has 0 aliphatic heterocycles. The Hall–Kier alpha value is -0.240. The van der Waals surface area contributed by atoms with Gasteiger partial charge in [-0.05, 0) is 12.8 Å². The lowest BCUT2D eigenvalue weighted by Crippen LogP contribution is -2.50. The van der Waals surface area contributed by atoms with Crippen LogP contribution in [0.25, 0.3) is 0 Å². The van der Waals surface area contributed by atoms with Gasteiger partial charge in [-0.1, -0.05) is 19.3 Å². The van der Waals surface area contributed by atoms with E-state index in [9.17, 15) is 4.79 Å². The Bertz CT molecular complexity index is 164. The second kappa shape index (κ2) is 4.13. The minimum atomic E-state index is -0.0916. The van der Waals surface area contributed by atoms with Crippen LogP contribution in [0, 0.1) is 0 Å². The fraction of sp³-hybridized carbons (Fsp3) is 0.889. The molecule has 1 fully saturated rings. The second-order valence-corrected chi connectivity index (χ2v) is 3.92. The Morgan fingerprint density at radius 2 is 2.00 bits per heavy atom. The van der Waals surface area contributed by atoms with Gasteiger partial charge in [-0.25, -0.2) is 0 Å². The van der Waals surface area contributed by atoms with Crippen molar-refractivity contribution in [2.24, 2.45) is 0 Å². The van der Waals surface area contributed by atoms with Gasteiger partial charge < -0.3 is 5.32 Å². The number of carbonyl (C=O) groups is 1. The first-order valence-corrected chi connectivity index (χ1v) is 5.07. The average molecular weight is 190 g/mol. The SMILES string of the molecule is CC(=O)NC1(CCl)CCCCC1. The molecular formula is C9H16ClNO. The maximum Gasteiger partial charge on any atom is 0.217 e. The number of rotatable bonds is 2. The van der Waals surface area contributed by atoms with Gasteiger partial charge in [-0.2, -0.15) is 0 Å². The predicted octanol–water partition coefficient (Wildman–Crippen LogP) is 2.06. The number of hydrogen-bond donors (Lipinski definition) is 1. The normalized spacial score (nSPS) is 21.8. The van der Waals surface area contributed by atoms with Crippen molar-refractivity contribution < 1.29 is 4.79 Å². The molecule has 1 amide bonds. The number of carbonyl (C=O) groups excluding carboxylic acids is 1. The fourth-order valence-electron chi connectivity index (χ4n) is 1.89. The van der Waals surface area contributed by atoms with E-state index in [1.807, 2.05) is 0 Å². The first-order valence-electron chi connectivity index (χ1n) is 4.53. The van der Waals surface area contributed by atoms with E-state index in [-0.39, 0.29) is 11.4 Å². The topological polar surface area (TPSA) is 29.1 Å². The van der Waals surface area contributed by atoms with Crippen LogP contribution >= 0.6 is 11.6 Å². The minimum Gasteiger partial charge on any atom is -0.350 e. The van der Waals surface area contributed by atoms with Crippen molar-refractivity contribution in [3.63, 3.8) is 0 Å². The summed E-state index contributed by atoms with van der Waals surface area (Å²) in [7, 11) is 0. The van der Waals surface area contributed by atoms with Gasteiger partial charge in [0.1, 0.15) is 0 Å². The molecule has 0 heterocycles. The highest BCUT2D eigenvalue weighted by Gasteiger charge is 2.31. The molecule has 0 spiro atoms. The molecule has 0 atom stereocenters. The monoisotopic (exact) mass is 189 g/mol. The van der Waals surface area contributed by atoms with Crippen LogP contribution in [-0.2, 0) is 4.79 Å². The van der Waals surface area contributed by atoms with Crippen LogP contribution < -0.4 is 5.32 Å². The van der Waals surface area contributed by atoms with Gasteiger partial charge in [0.25, 0.3) is 0 Å². The Kier molecular flexibility index (Phi) is 3.39. The van der Waals surface area contributed by atoms with Crippen LogP contribution in [0.1, 0.15) is 39.0 Å². The third kappa shape index (κ3) is 2.37. The standard InChI is InChI=1S/C9H16ClNO/c1-8(12)11-9(7-10)5-3-2-4-6-9/h2-7H2,1H3,(H,11,12). The third-order valence-corrected chi connectivity index (χ3v) is 3.02. The Labute approximate surface area is 78.7 Å². The van der Waals surface area contributed by atoms with Crippen molar-refractivity contribution in [2.75, 3.05) is 5.88 Å². The summed E-state index contributed by atoms with van der Waals surface area (Å²) in [5, 5.41) is 2.97. The molecule has 70 valence electrons. The van der Waals surface area contributed by atoms with Crippen LogP contribution in [0.4, 0.5) is 0 Å². The molecule has 3 heteroatoms. The van der Waals surface area contributed by atoms with Gasteiger partial charge >= 0.3 is 0 Å². The summed E-state index contributed by atoms with van der Waals surface area (Å²) in [4.78, 5) is 10.9. The minimum absolute atomic E-state index is 0.0394. The zero-order valence-corrected chi connectivity index (χ0v) is 8.28. The number of halogens is 1. The summed E-state index contributed by atoms with van der Waals surface area (Å²) in [6.07, 6.45) is 5.73. The summed E-state index contributed by atoms with van der Waals surface area (Å²) < 4.78 is 0. The van der Waals surface area contributed by atoms with E-state index < -0.39 is 0 Å². The van der Waals surface area contributed by atoms with Gasteiger partial charge in [0, 0.05) is 12.8 Å². The van der Waals surface area contributed by atoms with Gasteiger partial charge in [0.2, 0.25) is 5.91 Å². The van der Waals surface area contributed by atoms with Crippen molar-refractivity contribution in [1.29, 1.82) is 0 Å². The lowest BCUT2D eigenvalue weighted by atomic mass is 9.83. The van der Waals surface area contributed by atoms with Crippen molar-refractivity contribution in [3.8, 4) is 0 Å². The average Bonchev–Trinajstić information content (AvgIpc) is 2.05. The van der Waals surface area contributed by atoms with Crippen molar-refractivity contribution in [2.45, 2.75) is 44.6 Å². The molecule has 0 aromatic heterocycles. The molecule has 0 bridgehead atoms. The molecule has 1 rings (SSSR count). The van der Waals surface area contributed by atoms with E-state index >= 15 is 0 Å². The van der Waals surface area contributed by atoms with Gasteiger partial charge in [-0.3, -0.25) is 4.79 Å². The largest absolute Gasteiger partial charge is 0.350 e. The molecule has 0 aromatic carbocycles. The molecule has 0 unspecified atom stereocenters. The van der Waals surface area contributed by atoms with Gasteiger partial charge in [0.05, 0.1) is 5.54 Å². The van der Waals surface area contributed by atoms with E-state index in [2.05, 4.69) is 5.32 Å². The highest BCUT2D eigenvalue weighted by Crippen LogP contribution is 2.29. The molecule has 0 radical (unpaired) electrons. The maximum absolute atomic E-state index is 10.9. The lowest BCUT2D eigenvalue weighted by molar-refractivity contribution is -0.121. The molecule has 1 saturated carbocycles. The molecular weight excluding hydrogens is 174 g/mol. The first kappa shape index (κ1) is 9.85. The van der Waals surface area contributed by atoms with Crippen LogP contribution in [-0.4, -0.2) is 17.3 Å². The molecule has 12 heavy (non-hydrogen) atoms. The number of nitrogens with one attached hydrogen (secondary N) is 1. The van der Waals surface area contributed by atoms with Gasteiger partial charge in [0.15, 0.2) is 0 Å². The molecule has 1 aliphatic carbocycles. The molecule has 0 aromatic rings. The Balaban J connectivity index is 2.53. The number of hydrogen-bond acceptors (Lipinski definition) is 1. The van der Waals surface area contributed by atoms with Crippen molar-refractivity contribution in [3.05, 3.63) is 0 Å². The summed E-state index contributed by atoms with van der Waals surface area (Å²) >= 11 is 5.87. The Morgan fingerprint density at radius 1 is 1.42 bits per heavy atom. The summed E-state index contributed by atoms with van der Waals surface area (Å²) in [6.45, 7) is 1.56. The molecule has 0 saturated heterocycles. The van der Waals surface area contributed by atoms with E-state index in [1.165, 1.54) is 19.3 Å². The second-order valence-electron chi connectivity index (χ2n) is 3.66. The van der Waals surface area contributed by atoms with Crippen LogP contribution in [0.15, 0.2) is 0 Å². The maximum atomic E-state index is 10.9. The highest BCUT2D eigenvalue weighted by atomic mass is 35.5. The van der Waals surface area contributed by atoms with Crippen molar-refractivity contribution in [1.82, 2.24) is 5.32 Å².